The minimum Gasteiger partial charge on any atom is -0.458 e. The van der Waals surface area contributed by atoms with Crippen LogP contribution in [0, 0.1) is 5.92 Å². The summed E-state index contributed by atoms with van der Waals surface area (Å²) < 4.78 is 11.6. The molecule has 3 heteroatoms. The second kappa shape index (κ2) is 8.35. The molecule has 1 fully saturated rings. The monoisotopic (exact) mass is 346 g/mol. The molecule has 0 spiro atoms. The van der Waals surface area contributed by atoms with Crippen LogP contribution in [0.1, 0.15) is 73.6 Å². The number of allylic oxidation sites excluding steroid dienone is 4. The Kier molecular flexibility index (Phi) is 6.67. The van der Waals surface area contributed by atoms with Gasteiger partial charge in [-0.1, -0.05) is 43.2 Å². The lowest BCUT2D eigenvalue weighted by Gasteiger charge is -2.23. The zero-order valence-corrected chi connectivity index (χ0v) is 16.7. The number of hydrogen-bond donors (Lipinski definition) is 0. The molecule has 2 aliphatic rings. The summed E-state index contributed by atoms with van der Waals surface area (Å²) in [5, 5.41) is 0. The maximum Gasteiger partial charge on any atom is 0.303 e. The average Bonchev–Trinajstić information content (AvgIpc) is 3.14. The molecule has 0 saturated carbocycles. The highest BCUT2D eigenvalue weighted by Gasteiger charge is 2.50. The Morgan fingerprint density at radius 3 is 2.64 bits per heavy atom. The Hall–Kier alpha value is -1.35. The molecule has 0 radical (unpaired) electrons. The minimum atomic E-state index is -0.215. The summed E-state index contributed by atoms with van der Waals surface area (Å²) in [5.41, 5.74) is 3.86. The van der Waals surface area contributed by atoms with Gasteiger partial charge in [-0.05, 0) is 57.9 Å². The van der Waals surface area contributed by atoms with Crippen LogP contribution in [0.4, 0.5) is 0 Å². The Morgan fingerprint density at radius 1 is 1.28 bits per heavy atom. The van der Waals surface area contributed by atoms with E-state index in [1.165, 1.54) is 23.6 Å². The zero-order chi connectivity index (χ0) is 18.6. The molecule has 0 aromatic rings. The Balaban J connectivity index is 2.28. The van der Waals surface area contributed by atoms with Gasteiger partial charge in [-0.3, -0.25) is 4.79 Å². The molecule has 0 amide bonds. The van der Waals surface area contributed by atoms with Crippen LogP contribution in [-0.4, -0.2) is 23.8 Å². The van der Waals surface area contributed by atoms with Crippen LogP contribution in [0.5, 0.6) is 0 Å². The van der Waals surface area contributed by atoms with E-state index in [2.05, 4.69) is 52.8 Å². The third-order valence-corrected chi connectivity index (χ3v) is 5.38. The van der Waals surface area contributed by atoms with Crippen LogP contribution in [0.15, 0.2) is 34.9 Å². The summed E-state index contributed by atoms with van der Waals surface area (Å²) in [6.07, 6.45) is 11.8. The van der Waals surface area contributed by atoms with Gasteiger partial charge in [-0.15, -0.1) is 0 Å². The van der Waals surface area contributed by atoms with Gasteiger partial charge >= 0.3 is 5.97 Å². The molecule has 0 aromatic carbocycles. The summed E-state index contributed by atoms with van der Waals surface area (Å²) in [5.74, 6) is 0.122. The van der Waals surface area contributed by atoms with E-state index in [4.69, 9.17) is 9.47 Å². The first kappa shape index (κ1) is 20.0. The molecule has 3 nitrogen and oxygen atoms in total. The Labute approximate surface area is 153 Å². The summed E-state index contributed by atoms with van der Waals surface area (Å²) in [6.45, 7) is 12.4. The molecule has 2 rings (SSSR count). The zero-order valence-electron chi connectivity index (χ0n) is 16.7. The lowest BCUT2D eigenvalue weighted by Crippen LogP contribution is -2.22. The van der Waals surface area contributed by atoms with Crippen molar-refractivity contribution in [3.63, 3.8) is 0 Å². The molecule has 3 atom stereocenters. The molecular formula is C22H34O3. The summed E-state index contributed by atoms with van der Waals surface area (Å²) in [4.78, 5) is 11.6. The van der Waals surface area contributed by atoms with E-state index < -0.39 is 0 Å². The largest absolute Gasteiger partial charge is 0.458 e. The molecule has 0 unspecified atom stereocenters. The maximum absolute atomic E-state index is 11.6. The molecule has 140 valence electrons. The number of fused-ring (bicyclic) bond motifs is 1. The number of carbonyl (C=O) groups is 1. The van der Waals surface area contributed by atoms with Gasteiger partial charge in [0.25, 0.3) is 0 Å². The summed E-state index contributed by atoms with van der Waals surface area (Å²) in [6, 6.07) is 0. The molecule has 1 saturated heterocycles. The predicted molar refractivity (Wildman–Crippen MR) is 102 cm³/mol. The van der Waals surface area contributed by atoms with Crippen molar-refractivity contribution in [2.45, 2.75) is 91.5 Å². The van der Waals surface area contributed by atoms with Crippen molar-refractivity contribution in [2.24, 2.45) is 5.92 Å². The molecule has 1 aliphatic carbocycles. The van der Waals surface area contributed by atoms with E-state index >= 15 is 0 Å². The van der Waals surface area contributed by atoms with Crippen molar-refractivity contribution >= 4 is 5.97 Å². The molecule has 0 bridgehead atoms. The normalized spacial score (nSPS) is 37.5. The third kappa shape index (κ3) is 5.85. The van der Waals surface area contributed by atoms with Gasteiger partial charge in [0, 0.05) is 13.3 Å². The summed E-state index contributed by atoms with van der Waals surface area (Å²) >= 11 is 0. The van der Waals surface area contributed by atoms with Crippen molar-refractivity contribution in [1.29, 1.82) is 0 Å². The van der Waals surface area contributed by atoms with Crippen LogP contribution in [0.3, 0.4) is 0 Å². The summed E-state index contributed by atoms with van der Waals surface area (Å²) in [7, 11) is 0. The highest BCUT2D eigenvalue weighted by molar-refractivity contribution is 5.66. The fourth-order valence-electron chi connectivity index (χ4n) is 3.64. The average molecular weight is 347 g/mol. The molecule has 0 N–H and O–H groups in total. The highest BCUT2D eigenvalue weighted by atomic mass is 16.6. The predicted octanol–water partition coefficient (Wildman–Crippen LogP) is 5.51. The lowest BCUT2D eigenvalue weighted by molar-refractivity contribution is -0.144. The van der Waals surface area contributed by atoms with Gasteiger partial charge in [0.05, 0.1) is 11.7 Å². The highest BCUT2D eigenvalue weighted by Crippen LogP contribution is 2.43. The van der Waals surface area contributed by atoms with Crippen molar-refractivity contribution in [3.8, 4) is 0 Å². The fourth-order valence-corrected chi connectivity index (χ4v) is 3.64. The Morgan fingerprint density at radius 2 is 2.00 bits per heavy atom. The number of epoxide rings is 1. The van der Waals surface area contributed by atoms with Gasteiger partial charge in [-0.25, -0.2) is 0 Å². The third-order valence-electron chi connectivity index (χ3n) is 5.38. The standard InChI is InChI=1S/C22H34O3/c1-15(2)19-11-9-16(3)10-12-21-22(6,25-21)13-7-8-17(4)14-20(19)24-18(5)23/h8-9,11,15,20-21H,7,10,12-14H2,1-6H3/b16-9+,17-8+,19-11-/t20-,21-,22-/m1/s1. The van der Waals surface area contributed by atoms with E-state index in [1.54, 1.807) is 0 Å². The van der Waals surface area contributed by atoms with Gasteiger partial charge < -0.3 is 9.47 Å². The van der Waals surface area contributed by atoms with E-state index in [-0.39, 0.29) is 17.7 Å². The second-order valence-electron chi connectivity index (χ2n) is 8.18. The van der Waals surface area contributed by atoms with Crippen molar-refractivity contribution in [2.75, 3.05) is 0 Å². The van der Waals surface area contributed by atoms with Gasteiger partial charge in [0.15, 0.2) is 0 Å². The quantitative estimate of drug-likeness (QED) is 0.376. The van der Waals surface area contributed by atoms with Gasteiger partial charge in [0.1, 0.15) is 6.10 Å². The van der Waals surface area contributed by atoms with E-state index in [9.17, 15) is 4.79 Å². The smallest absolute Gasteiger partial charge is 0.303 e. The van der Waals surface area contributed by atoms with Crippen molar-refractivity contribution in [1.82, 2.24) is 0 Å². The number of rotatable bonds is 2. The van der Waals surface area contributed by atoms with E-state index in [1.807, 2.05) is 0 Å². The van der Waals surface area contributed by atoms with E-state index in [0.717, 1.165) is 32.1 Å². The van der Waals surface area contributed by atoms with Crippen LogP contribution >= 0.6 is 0 Å². The number of ether oxygens (including phenoxy) is 2. The van der Waals surface area contributed by atoms with Crippen LogP contribution < -0.4 is 0 Å². The van der Waals surface area contributed by atoms with Crippen molar-refractivity contribution < 1.29 is 14.3 Å². The molecule has 25 heavy (non-hydrogen) atoms. The maximum atomic E-state index is 11.6. The SMILES string of the molecule is CC(=O)O[C@@H]1C/C(C)=C/CC[C@@]2(C)O[C@@H]2CC/C(C)=C/C=C\1C(C)C. The Bertz CT molecular complexity index is 582. The molecule has 0 aromatic heterocycles. The minimum absolute atomic E-state index is 0.0510. The van der Waals surface area contributed by atoms with Crippen LogP contribution in [-0.2, 0) is 14.3 Å². The number of carbonyl (C=O) groups excluding carboxylic acids is 1. The van der Waals surface area contributed by atoms with Crippen LogP contribution in [0.2, 0.25) is 0 Å². The fraction of sp³-hybridized carbons (Fsp3) is 0.682. The first-order valence-corrected chi connectivity index (χ1v) is 9.59. The van der Waals surface area contributed by atoms with Gasteiger partial charge in [-0.2, -0.15) is 0 Å². The molecule has 1 heterocycles. The van der Waals surface area contributed by atoms with E-state index in [0.29, 0.717) is 12.0 Å². The lowest BCUT2D eigenvalue weighted by atomic mass is 9.90. The second-order valence-corrected chi connectivity index (χ2v) is 8.18. The number of esters is 1. The number of hydrogen-bond acceptors (Lipinski definition) is 3. The first-order valence-electron chi connectivity index (χ1n) is 9.59. The van der Waals surface area contributed by atoms with Crippen LogP contribution in [0.25, 0.3) is 0 Å². The van der Waals surface area contributed by atoms with Crippen molar-refractivity contribution in [3.05, 3.63) is 34.9 Å². The molecular weight excluding hydrogens is 312 g/mol. The first-order chi connectivity index (χ1) is 11.7. The molecule has 1 aliphatic heterocycles. The van der Waals surface area contributed by atoms with Gasteiger partial charge in [0.2, 0.25) is 0 Å². The topological polar surface area (TPSA) is 38.8 Å².